The minimum absolute atomic E-state index is 0.481. The number of nitriles is 1. The smallest absolute Gasteiger partial charge is 0.161 e. The Kier molecular flexibility index (Phi) is 1.79. The number of fused-ring (bicyclic) bond motifs is 1. The molecule has 0 amide bonds. The monoisotopic (exact) mass is 184 g/mol. The van der Waals surface area contributed by atoms with Crippen molar-refractivity contribution in [3.63, 3.8) is 0 Å². The lowest BCUT2D eigenvalue weighted by atomic mass is 10.2. The number of pyridine rings is 2. The summed E-state index contributed by atoms with van der Waals surface area (Å²) in [7, 11) is 0. The first-order valence-corrected chi connectivity index (χ1v) is 4.13. The molecule has 0 unspecified atom stereocenters. The van der Waals surface area contributed by atoms with Crippen molar-refractivity contribution in [2.45, 2.75) is 6.92 Å². The van der Waals surface area contributed by atoms with E-state index in [-0.39, 0.29) is 0 Å². The molecule has 0 fully saturated rings. The van der Waals surface area contributed by atoms with Crippen LogP contribution < -0.4 is 5.73 Å². The third-order valence-electron chi connectivity index (χ3n) is 2.03. The van der Waals surface area contributed by atoms with Gasteiger partial charge in [-0.05, 0) is 24.6 Å². The van der Waals surface area contributed by atoms with Gasteiger partial charge in [0.05, 0.1) is 5.56 Å². The van der Waals surface area contributed by atoms with Crippen molar-refractivity contribution in [2.75, 3.05) is 5.73 Å². The van der Waals surface area contributed by atoms with Crippen LogP contribution in [-0.4, -0.2) is 9.97 Å². The number of aromatic nitrogens is 2. The van der Waals surface area contributed by atoms with E-state index in [2.05, 4.69) is 9.97 Å². The molecule has 2 rings (SSSR count). The zero-order valence-corrected chi connectivity index (χ0v) is 7.65. The second-order valence-corrected chi connectivity index (χ2v) is 3.07. The van der Waals surface area contributed by atoms with Gasteiger partial charge in [0.2, 0.25) is 0 Å². The average Bonchev–Trinajstić information content (AvgIpc) is 2.19. The van der Waals surface area contributed by atoms with E-state index < -0.39 is 0 Å². The van der Waals surface area contributed by atoms with Crippen LogP contribution in [0.4, 0.5) is 5.82 Å². The Balaban J connectivity index is 2.78. The number of anilines is 1. The van der Waals surface area contributed by atoms with E-state index in [9.17, 15) is 0 Å². The zero-order valence-electron chi connectivity index (χ0n) is 7.65. The van der Waals surface area contributed by atoms with E-state index >= 15 is 0 Å². The Labute approximate surface area is 81.0 Å². The number of nitrogens with two attached hydrogens (primary N) is 1. The van der Waals surface area contributed by atoms with Crippen molar-refractivity contribution >= 4 is 16.9 Å². The minimum atomic E-state index is 0.481. The van der Waals surface area contributed by atoms with Crippen LogP contribution in [0.3, 0.4) is 0 Å². The maximum Gasteiger partial charge on any atom is 0.161 e. The Hall–Kier alpha value is -2.15. The normalized spacial score (nSPS) is 10.0. The van der Waals surface area contributed by atoms with Crippen molar-refractivity contribution in [1.82, 2.24) is 9.97 Å². The Morgan fingerprint density at radius 1 is 1.43 bits per heavy atom. The average molecular weight is 184 g/mol. The minimum Gasteiger partial charge on any atom is -0.383 e. The van der Waals surface area contributed by atoms with Crippen LogP contribution in [0.2, 0.25) is 0 Å². The fourth-order valence-electron chi connectivity index (χ4n) is 1.24. The van der Waals surface area contributed by atoms with Gasteiger partial charge in [-0.15, -0.1) is 0 Å². The van der Waals surface area contributed by atoms with Gasteiger partial charge in [-0.25, -0.2) is 9.97 Å². The second kappa shape index (κ2) is 2.96. The number of rotatable bonds is 0. The zero-order chi connectivity index (χ0) is 10.1. The van der Waals surface area contributed by atoms with E-state index in [1.807, 2.05) is 19.1 Å². The van der Waals surface area contributed by atoms with Gasteiger partial charge in [-0.3, -0.25) is 0 Å². The SMILES string of the molecule is Cc1cc2cc(C#N)cnc2nc1N. The molecule has 0 aromatic carbocycles. The molecule has 0 aliphatic carbocycles. The molecule has 68 valence electrons. The van der Waals surface area contributed by atoms with E-state index in [1.54, 1.807) is 6.07 Å². The molecule has 2 aromatic heterocycles. The Morgan fingerprint density at radius 3 is 2.93 bits per heavy atom. The highest BCUT2D eigenvalue weighted by Crippen LogP contribution is 2.16. The fraction of sp³-hybridized carbons (Fsp3) is 0.100. The van der Waals surface area contributed by atoms with E-state index in [1.165, 1.54) is 6.20 Å². The molecule has 0 atom stereocenters. The topological polar surface area (TPSA) is 75.6 Å². The summed E-state index contributed by atoms with van der Waals surface area (Å²) in [6.07, 6.45) is 1.49. The molecule has 2 heterocycles. The van der Waals surface area contributed by atoms with Crippen molar-refractivity contribution in [1.29, 1.82) is 5.26 Å². The first kappa shape index (κ1) is 8.45. The molecule has 0 aliphatic rings. The van der Waals surface area contributed by atoms with Gasteiger partial charge in [0.25, 0.3) is 0 Å². The number of nitrogen functional groups attached to an aromatic ring is 1. The van der Waals surface area contributed by atoms with E-state index in [0.29, 0.717) is 17.0 Å². The number of aryl methyl sites for hydroxylation is 1. The standard InChI is InChI=1S/C10H8N4/c1-6-2-8-3-7(4-11)5-13-10(8)14-9(6)12/h2-3,5H,1H3,(H2,12,13,14). The molecular weight excluding hydrogens is 176 g/mol. The lowest BCUT2D eigenvalue weighted by Crippen LogP contribution is -1.96. The van der Waals surface area contributed by atoms with Gasteiger partial charge >= 0.3 is 0 Å². The first-order valence-electron chi connectivity index (χ1n) is 4.13. The largest absolute Gasteiger partial charge is 0.383 e. The summed E-state index contributed by atoms with van der Waals surface area (Å²) in [5, 5.41) is 9.53. The molecule has 4 nitrogen and oxygen atoms in total. The summed E-state index contributed by atoms with van der Waals surface area (Å²) in [6.45, 7) is 1.88. The third kappa shape index (κ3) is 1.25. The van der Waals surface area contributed by atoms with E-state index in [0.717, 1.165) is 10.9 Å². The fourth-order valence-corrected chi connectivity index (χ4v) is 1.24. The van der Waals surface area contributed by atoms with Gasteiger partial charge in [0.1, 0.15) is 11.9 Å². The molecule has 14 heavy (non-hydrogen) atoms. The van der Waals surface area contributed by atoms with Gasteiger partial charge in [-0.1, -0.05) is 0 Å². The van der Waals surface area contributed by atoms with Crippen LogP contribution in [0.5, 0.6) is 0 Å². The van der Waals surface area contributed by atoms with Gasteiger partial charge in [0, 0.05) is 11.6 Å². The molecule has 0 aliphatic heterocycles. The molecule has 2 N–H and O–H groups in total. The molecule has 4 heteroatoms. The van der Waals surface area contributed by atoms with Crippen LogP contribution in [0.15, 0.2) is 18.3 Å². The van der Waals surface area contributed by atoms with Crippen LogP contribution in [0.1, 0.15) is 11.1 Å². The molecule has 0 bridgehead atoms. The predicted octanol–water partition coefficient (Wildman–Crippen LogP) is 1.39. The van der Waals surface area contributed by atoms with E-state index in [4.69, 9.17) is 11.0 Å². The number of hydrogen-bond acceptors (Lipinski definition) is 4. The van der Waals surface area contributed by atoms with Crippen LogP contribution in [0, 0.1) is 18.3 Å². The maximum atomic E-state index is 8.69. The third-order valence-corrected chi connectivity index (χ3v) is 2.03. The molecular formula is C10H8N4. The summed E-state index contributed by atoms with van der Waals surface area (Å²) in [5.41, 5.74) is 7.64. The lowest BCUT2D eigenvalue weighted by Gasteiger charge is -2.01. The number of hydrogen-bond donors (Lipinski definition) is 1. The molecule has 0 saturated carbocycles. The van der Waals surface area contributed by atoms with Gasteiger partial charge in [-0.2, -0.15) is 5.26 Å². The lowest BCUT2D eigenvalue weighted by molar-refractivity contribution is 1.25. The summed E-state index contributed by atoms with van der Waals surface area (Å²) in [5.74, 6) is 0.481. The van der Waals surface area contributed by atoms with Crippen molar-refractivity contribution < 1.29 is 0 Å². The molecule has 0 radical (unpaired) electrons. The molecule has 0 saturated heterocycles. The van der Waals surface area contributed by atoms with Gasteiger partial charge in [0.15, 0.2) is 5.65 Å². The highest BCUT2D eigenvalue weighted by molar-refractivity contribution is 5.78. The van der Waals surface area contributed by atoms with Crippen LogP contribution in [0.25, 0.3) is 11.0 Å². The van der Waals surface area contributed by atoms with Crippen molar-refractivity contribution in [3.8, 4) is 6.07 Å². The first-order chi connectivity index (χ1) is 6.70. The molecule has 2 aromatic rings. The number of nitrogens with zero attached hydrogens (tertiary/aromatic N) is 3. The summed E-state index contributed by atoms with van der Waals surface area (Å²) < 4.78 is 0. The van der Waals surface area contributed by atoms with Crippen molar-refractivity contribution in [2.24, 2.45) is 0 Å². The quantitative estimate of drug-likeness (QED) is 0.671. The summed E-state index contributed by atoms with van der Waals surface area (Å²) in [6, 6.07) is 5.66. The maximum absolute atomic E-state index is 8.69. The Morgan fingerprint density at radius 2 is 2.21 bits per heavy atom. The highest BCUT2D eigenvalue weighted by Gasteiger charge is 2.01. The second-order valence-electron chi connectivity index (χ2n) is 3.07. The molecule has 0 spiro atoms. The van der Waals surface area contributed by atoms with Crippen LogP contribution >= 0.6 is 0 Å². The summed E-state index contributed by atoms with van der Waals surface area (Å²) >= 11 is 0. The van der Waals surface area contributed by atoms with Gasteiger partial charge < -0.3 is 5.73 Å². The summed E-state index contributed by atoms with van der Waals surface area (Å²) in [4.78, 5) is 8.15. The predicted molar refractivity (Wildman–Crippen MR) is 53.4 cm³/mol. The van der Waals surface area contributed by atoms with Crippen LogP contribution in [-0.2, 0) is 0 Å². The van der Waals surface area contributed by atoms with Crippen molar-refractivity contribution in [3.05, 3.63) is 29.5 Å². The Bertz CT molecular complexity index is 540. The highest BCUT2D eigenvalue weighted by atomic mass is 14.9.